The number of benzene rings is 2. The minimum atomic E-state index is -0.537. The molecule has 0 aromatic heterocycles. The maximum Gasteiger partial charge on any atom is 0.343 e. The molecule has 1 heterocycles. The second-order valence-electron chi connectivity index (χ2n) is 7.41. The van der Waals surface area contributed by atoms with Gasteiger partial charge in [-0.05, 0) is 60.7 Å². The second-order valence-corrected chi connectivity index (χ2v) is 8.32. The van der Waals surface area contributed by atoms with Crippen LogP contribution in [0.15, 0.2) is 65.2 Å². The van der Waals surface area contributed by atoms with Gasteiger partial charge in [0.15, 0.2) is 0 Å². The minimum Gasteiger partial charge on any atom is -0.423 e. The van der Waals surface area contributed by atoms with Crippen LogP contribution in [0.25, 0.3) is 0 Å². The summed E-state index contributed by atoms with van der Waals surface area (Å²) in [5, 5.41) is 0. The minimum absolute atomic E-state index is 0.155. The molecule has 1 saturated carbocycles. The van der Waals surface area contributed by atoms with Gasteiger partial charge in [0, 0.05) is 4.47 Å². The molecular formula is C22H16BrNO4. The van der Waals surface area contributed by atoms with E-state index in [9.17, 15) is 14.4 Å². The number of anilines is 1. The quantitative estimate of drug-likeness (QED) is 0.315. The van der Waals surface area contributed by atoms with Crippen molar-refractivity contribution in [1.82, 2.24) is 0 Å². The zero-order chi connectivity index (χ0) is 19.4. The summed E-state index contributed by atoms with van der Waals surface area (Å²) in [6, 6.07) is 13.4. The van der Waals surface area contributed by atoms with E-state index in [0.29, 0.717) is 17.0 Å². The molecule has 0 N–H and O–H groups in total. The molecule has 2 fully saturated rings. The standard InChI is InChI=1S/C22H16BrNO4/c23-15-6-8-17(9-7-15)28-22(27)14-2-1-3-16(11-14)24-20(25)18-12-4-5-13(10-12)19(18)21(24)26/h1-9,11-13,18-19H,10H2/t12-,13+,18-,19-/m0/s1. The molecule has 28 heavy (non-hydrogen) atoms. The van der Waals surface area contributed by atoms with E-state index in [1.165, 1.54) is 4.90 Å². The van der Waals surface area contributed by atoms with E-state index < -0.39 is 5.97 Å². The third-order valence-electron chi connectivity index (χ3n) is 5.83. The summed E-state index contributed by atoms with van der Waals surface area (Å²) in [4.78, 5) is 39.6. The SMILES string of the molecule is O=C(Oc1ccc(Br)cc1)c1cccc(N2C(=O)[C@@H]3[C@@H](C2=O)[C@H]2C=C[C@@H]3C2)c1. The number of imide groups is 1. The highest BCUT2D eigenvalue weighted by molar-refractivity contribution is 9.10. The summed E-state index contributed by atoms with van der Waals surface area (Å²) < 4.78 is 6.27. The predicted octanol–water partition coefficient (Wildman–Crippen LogP) is 3.98. The van der Waals surface area contributed by atoms with Crippen molar-refractivity contribution in [2.24, 2.45) is 23.7 Å². The molecule has 2 aliphatic carbocycles. The van der Waals surface area contributed by atoms with E-state index in [-0.39, 0.29) is 35.5 Å². The van der Waals surface area contributed by atoms with Crippen LogP contribution in [-0.2, 0) is 9.59 Å². The molecule has 2 amide bonds. The fraction of sp³-hybridized carbons (Fsp3) is 0.227. The van der Waals surface area contributed by atoms with Gasteiger partial charge in [-0.2, -0.15) is 0 Å². The number of hydrogen-bond acceptors (Lipinski definition) is 4. The maximum absolute atomic E-state index is 12.9. The molecule has 2 aromatic rings. The monoisotopic (exact) mass is 437 g/mol. The molecule has 0 spiro atoms. The first kappa shape index (κ1) is 17.4. The summed E-state index contributed by atoms with van der Waals surface area (Å²) in [7, 11) is 0. The number of amides is 2. The number of allylic oxidation sites excluding steroid dienone is 2. The lowest BCUT2D eigenvalue weighted by atomic mass is 9.85. The fourth-order valence-electron chi connectivity index (χ4n) is 4.60. The van der Waals surface area contributed by atoms with Crippen molar-refractivity contribution in [3.8, 4) is 5.75 Å². The van der Waals surface area contributed by atoms with Gasteiger partial charge in [0.25, 0.3) is 0 Å². The van der Waals surface area contributed by atoms with Gasteiger partial charge in [0.1, 0.15) is 5.75 Å². The Bertz CT molecular complexity index is 999. The molecule has 3 aliphatic rings. The number of rotatable bonds is 3. The van der Waals surface area contributed by atoms with Crippen molar-refractivity contribution in [3.63, 3.8) is 0 Å². The molecular weight excluding hydrogens is 422 g/mol. The number of fused-ring (bicyclic) bond motifs is 5. The Morgan fingerprint density at radius 3 is 2.25 bits per heavy atom. The smallest absolute Gasteiger partial charge is 0.343 e. The molecule has 140 valence electrons. The van der Waals surface area contributed by atoms with Crippen LogP contribution in [0.3, 0.4) is 0 Å². The van der Waals surface area contributed by atoms with E-state index in [1.54, 1.807) is 48.5 Å². The van der Waals surface area contributed by atoms with Crippen LogP contribution in [0.1, 0.15) is 16.8 Å². The number of ether oxygens (including phenoxy) is 1. The summed E-state index contributed by atoms with van der Waals surface area (Å²) in [6.45, 7) is 0. The lowest BCUT2D eigenvalue weighted by molar-refractivity contribution is -0.123. The Labute approximate surface area is 170 Å². The van der Waals surface area contributed by atoms with E-state index in [0.717, 1.165) is 10.9 Å². The number of carbonyl (C=O) groups excluding carboxylic acids is 3. The van der Waals surface area contributed by atoms with Crippen molar-refractivity contribution in [2.45, 2.75) is 6.42 Å². The van der Waals surface area contributed by atoms with Crippen LogP contribution in [-0.4, -0.2) is 17.8 Å². The topological polar surface area (TPSA) is 63.7 Å². The molecule has 1 saturated heterocycles. The first-order valence-electron chi connectivity index (χ1n) is 9.17. The first-order chi connectivity index (χ1) is 13.5. The van der Waals surface area contributed by atoms with Gasteiger partial charge < -0.3 is 4.74 Å². The lowest BCUT2D eigenvalue weighted by Crippen LogP contribution is -2.33. The summed E-state index contributed by atoms with van der Waals surface area (Å²) in [6.07, 6.45) is 5.01. The highest BCUT2D eigenvalue weighted by Crippen LogP contribution is 2.53. The van der Waals surface area contributed by atoms with Crippen LogP contribution >= 0.6 is 15.9 Å². The largest absolute Gasteiger partial charge is 0.423 e. The van der Waals surface area contributed by atoms with Crippen LogP contribution in [0.4, 0.5) is 5.69 Å². The van der Waals surface area contributed by atoms with Crippen LogP contribution in [0.5, 0.6) is 5.75 Å². The Morgan fingerprint density at radius 2 is 1.61 bits per heavy atom. The Kier molecular flexibility index (Phi) is 3.98. The Hall–Kier alpha value is -2.73. The normalized spacial score (nSPS) is 27.4. The predicted molar refractivity (Wildman–Crippen MR) is 106 cm³/mol. The second kappa shape index (κ2) is 6.41. The highest BCUT2D eigenvalue weighted by atomic mass is 79.9. The van der Waals surface area contributed by atoms with Crippen molar-refractivity contribution < 1.29 is 19.1 Å². The number of carbonyl (C=O) groups is 3. The first-order valence-corrected chi connectivity index (χ1v) is 9.96. The van der Waals surface area contributed by atoms with Crippen molar-refractivity contribution in [3.05, 3.63) is 70.7 Å². The van der Waals surface area contributed by atoms with Gasteiger partial charge in [0.2, 0.25) is 11.8 Å². The third kappa shape index (κ3) is 2.63. The Morgan fingerprint density at radius 1 is 0.964 bits per heavy atom. The van der Waals surface area contributed by atoms with Gasteiger partial charge in [-0.1, -0.05) is 34.1 Å². The average molecular weight is 438 g/mol. The number of hydrogen-bond donors (Lipinski definition) is 0. The van der Waals surface area contributed by atoms with Crippen LogP contribution in [0, 0.1) is 23.7 Å². The Balaban J connectivity index is 1.40. The lowest BCUT2D eigenvalue weighted by Gasteiger charge is -2.18. The van der Waals surface area contributed by atoms with E-state index >= 15 is 0 Å². The summed E-state index contributed by atoms with van der Waals surface area (Å²) in [5.74, 6) is -0.657. The van der Waals surface area contributed by atoms with Crippen LogP contribution < -0.4 is 9.64 Å². The molecule has 0 radical (unpaired) electrons. The average Bonchev–Trinajstić information content (AvgIpc) is 3.37. The molecule has 1 aliphatic heterocycles. The van der Waals surface area contributed by atoms with Crippen molar-refractivity contribution in [1.29, 1.82) is 0 Å². The van der Waals surface area contributed by atoms with Crippen molar-refractivity contribution >= 4 is 39.4 Å². The zero-order valence-electron chi connectivity index (χ0n) is 14.7. The van der Waals surface area contributed by atoms with E-state index in [1.807, 2.05) is 0 Å². The summed E-state index contributed by atoms with van der Waals surface area (Å²) >= 11 is 3.33. The van der Waals surface area contributed by atoms with Gasteiger partial charge in [-0.25, -0.2) is 9.69 Å². The summed E-state index contributed by atoms with van der Waals surface area (Å²) in [5.41, 5.74) is 0.716. The van der Waals surface area contributed by atoms with Gasteiger partial charge in [-0.3, -0.25) is 9.59 Å². The third-order valence-corrected chi connectivity index (χ3v) is 6.36. The van der Waals surface area contributed by atoms with Crippen molar-refractivity contribution in [2.75, 3.05) is 4.90 Å². The molecule has 5 nitrogen and oxygen atoms in total. The molecule has 2 aromatic carbocycles. The van der Waals surface area contributed by atoms with Crippen LogP contribution in [0.2, 0.25) is 0 Å². The molecule has 5 rings (SSSR count). The van der Waals surface area contributed by atoms with Gasteiger partial charge in [0.05, 0.1) is 23.1 Å². The molecule has 0 unspecified atom stereocenters. The number of esters is 1. The molecule has 6 heteroatoms. The number of halogens is 1. The van der Waals surface area contributed by atoms with Gasteiger partial charge >= 0.3 is 5.97 Å². The number of nitrogens with zero attached hydrogens (tertiary/aromatic N) is 1. The fourth-order valence-corrected chi connectivity index (χ4v) is 4.86. The van der Waals surface area contributed by atoms with Gasteiger partial charge in [-0.15, -0.1) is 0 Å². The molecule has 4 atom stereocenters. The highest BCUT2D eigenvalue weighted by Gasteiger charge is 2.59. The van der Waals surface area contributed by atoms with E-state index in [4.69, 9.17) is 4.74 Å². The zero-order valence-corrected chi connectivity index (χ0v) is 16.3. The molecule has 2 bridgehead atoms. The maximum atomic E-state index is 12.9. The van der Waals surface area contributed by atoms with E-state index in [2.05, 4.69) is 28.1 Å².